The number of carbonyl (C=O) groups excluding carboxylic acids is 2. The van der Waals surface area contributed by atoms with E-state index < -0.39 is 17.7 Å². The lowest BCUT2D eigenvalue weighted by Crippen LogP contribution is -2.51. The molecular weight excluding hydrogens is 348 g/mol. The van der Waals surface area contributed by atoms with Gasteiger partial charge in [-0.3, -0.25) is 4.79 Å². The van der Waals surface area contributed by atoms with Crippen molar-refractivity contribution in [1.82, 2.24) is 10.6 Å². The van der Waals surface area contributed by atoms with Gasteiger partial charge in [-0.1, -0.05) is 32.0 Å². The van der Waals surface area contributed by atoms with E-state index in [4.69, 9.17) is 4.74 Å². The van der Waals surface area contributed by atoms with Crippen LogP contribution in [0, 0.1) is 5.92 Å². The van der Waals surface area contributed by atoms with Gasteiger partial charge in [0.25, 0.3) is 0 Å². The molecule has 1 aromatic heterocycles. The number of hydrogen-bond acceptors (Lipinski definition) is 4. The van der Waals surface area contributed by atoms with E-state index in [1.165, 1.54) is 10.1 Å². The molecule has 1 aromatic carbocycles. The van der Waals surface area contributed by atoms with Gasteiger partial charge in [-0.25, -0.2) is 4.79 Å². The predicted molar refractivity (Wildman–Crippen MR) is 106 cm³/mol. The molecule has 0 spiro atoms. The molecule has 2 rings (SSSR count). The van der Waals surface area contributed by atoms with Gasteiger partial charge in [0, 0.05) is 9.58 Å². The maximum atomic E-state index is 12.7. The second kappa shape index (κ2) is 8.08. The fourth-order valence-corrected chi connectivity index (χ4v) is 3.63. The molecule has 0 aliphatic rings. The smallest absolute Gasteiger partial charge is 0.408 e. The zero-order valence-corrected chi connectivity index (χ0v) is 17.1. The standard InChI is InChI=1S/C20H28N2O3S/c1-12(2)17(22-19(24)25-20(4,5)6)18(23)21-13(3)16-11-14-9-7-8-10-15(14)26-16/h7-13,17H,1-6H3,(H,21,23)(H,22,24)/t13?,17-/m0/s1. The third-order valence-electron chi connectivity index (χ3n) is 3.85. The fourth-order valence-electron chi connectivity index (χ4n) is 2.56. The first-order valence-corrected chi connectivity index (χ1v) is 9.67. The molecule has 0 saturated heterocycles. The van der Waals surface area contributed by atoms with Gasteiger partial charge in [0.05, 0.1) is 6.04 Å². The molecule has 1 heterocycles. The number of amides is 2. The Hall–Kier alpha value is -2.08. The van der Waals surface area contributed by atoms with Crippen molar-refractivity contribution in [3.05, 3.63) is 35.2 Å². The summed E-state index contributed by atoms with van der Waals surface area (Å²) in [6.45, 7) is 11.1. The number of rotatable bonds is 5. The Morgan fingerprint density at radius 3 is 2.31 bits per heavy atom. The van der Waals surface area contributed by atoms with E-state index in [9.17, 15) is 9.59 Å². The average molecular weight is 377 g/mol. The van der Waals surface area contributed by atoms with E-state index in [1.807, 2.05) is 32.9 Å². The summed E-state index contributed by atoms with van der Waals surface area (Å²) < 4.78 is 6.46. The molecular formula is C20H28N2O3S. The van der Waals surface area contributed by atoms with E-state index >= 15 is 0 Å². The third-order valence-corrected chi connectivity index (χ3v) is 5.15. The highest BCUT2D eigenvalue weighted by atomic mass is 32.1. The molecule has 0 aliphatic heterocycles. The van der Waals surface area contributed by atoms with Crippen LogP contribution in [0.25, 0.3) is 10.1 Å². The predicted octanol–water partition coefficient (Wildman–Crippen LogP) is 4.63. The lowest BCUT2D eigenvalue weighted by Gasteiger charge is -2.26. The van der Waals surface area contributed by atoms with Crippen LogP contribution in [0.15, 0.2) is 30.3 Å². The SMILES string of the molecule is CC(NC(=O)[C@@H](NC(=O)OC(C)(C)C)C(C)C)c1cc2ccccc2s1. The van der Waals surface area contributed by atoms with Gasteiger partial charge in [-0.15, -0.1) is 11.3 Å². The first kappa shape index (κ1) is 20.2. The van der Waals surface area contributed by atoms with Crippen LogP contribution in [0.1, 0.15) is 52.5 Å². The van der Waals surface area contributed by atoms with Crippen LogP contribution in [-0.2, 0) is 9.53 Å². The van der Waals surface area contributed by atoms with E-state index in [0.717, 1.165) is 4.88 Å². The van der Waals surface area contributed by atoms with E-state index in [0.29, 0.717) is 0 Å². The molecule has 0 saturated carbocycles. The topological polar surface area (TPSA) is 67.4 Å². The minimum absolute atomic E-state index is 0.0582. The Labute approximate surface area is 159 Å². The van der Waals surface area contributed by atoms with Crippen molar-refractivity contribution in [2.45, 2.75) is 59.2 Å². The molecule has 0 radical (unpaired) electrons. The number of ether oxygens (including phenoxy) is 1. The highest BCUT2D eigenvalue weighted by molar-refractivity contribution is 7.19. The minimum atomic E-state index is -0.651. The molecule has 5 nitrogen and oxygen atoms in total. The Kier molecular flexibility index (Phi) is 6.29. The lowest BCUT2D eigenvalue weighted by atomic mass is 10.0. The average Bonchev–Trinajstić information content (AvgIpc) is 2.94. The minimum Gasteiger partial charge on any atom is -0.444 e. The summed E-state index contributed by atoms with van der Waals surface area (Å²) in [6.07, 6.45) is -0.583. The van der Waals surface area contributed by atoms with Gasteiger partial charge >= 0.3 is 6.09 Å². The first-order valence-electron chi connectivity index (χ1n) is 8.85. The van der Waals surface area contributed by atoms with Crippen LogP contribution in [0.2, 0.25) is 0 Å². The summed E-state index contributed by atoms with van der Waals surface area (Å²) in [5, 5.41) is 6.86. The van der Waals surface area contributed by atoms with Crippen molar-refractivity contribution in [1.29, 1.82) is 0 Å². The first-order chi connectivity index (χ1) is 12.1. The van der Waals surface area contributed by atoms with Crippen LogP contribution in [0.4, 0.5) is 4.79 Å². The Balaban J connectivity index is 2.05. The van der Waals surface area contributed by atoms with Crippen molar-refractivity contribution >= 4 is 33.4 Å². The van der Waals surface area contributed by atoms with Crippen LogP contribution in [0.3, 0.4) is 0 Å². The second-order valence-electron chi connectivity index (χ2n) is 7.78. The largest absolute Gasteiger partial charge is 0.444 e. The summed E-state index contributed by atoms with van der Waals surface area (Å²) in [4.78, 5) is 25.8. The number of benzene rings is 1. The van der Waals surface area contributed by atoms with Gasteiger partial charge in [-0.2, -0.15) is 0 Å². The van der Waals surface area contributed by atoms with Gasteiger partial charge in [0.2, 0.25) is 5.91 Å². The summed E-state index contributed by atoms with van der Waals surface area (Å²) in [7, 11) is 0. The lowest BCUT2D eigenvalue weighted by molar-refractivity contribution is -0.124. The molecule has 142 valence electrons. The van der Waals surface area contributed by atoms with Crippen molar-refractivity contribution < 1.29 is 14.3 Å². The van der Waals surface area contributed by atoms with Crippen LogP contribution in [0.5, 0.6) is 0 Å². The highest BCUT2D eigenvalue weighted by Crippen LogP contribution is 2.29. The summed E-state index contributed by atoms with van der Waals surface area (Å²) in [6, 6.07) is 9.44. The summed E-state index contributed by atoms with van der Waals surface area (Å²) >= 11 is 1.66. The van der Waals surface area contributed by atoms with E-state index in [-0.39, 0.29) is 17.9 Å². The molecule has 6 heteroatoms. The second-order valence-corrected chi connectivity index (χ2v) is 8.90. The summed E-state index contributed by atoms with van der Waals surface area (Å²) in [5.41, 5.74) is -0.605. The molecule has 2 N–H and O–H groups in total. The zero-order valence-electron chi connectivity index (χ0n) is 16.3. The van der Waals surface area contributed by atoms with E-state index in [2.05, 4.69) is 28.8 Å². The highest BCUT2D eigenvalue weighted by Gasteiger charge is 2.28. The fraction of sp³-hybridized carbons (Fsp3) is 0.500. The van der Waals surface area contributed by atoms with Gasteiger partial charge in [0.1, 0.15) is 11.6 Å². The van der Waals surface area contributed by atoms with Gasteiger partial charge in [-0.05, 0) is 51.1 Å². The maximum Gasteiger partial charge on any atom is 0.408 e. The molecule has 2 atom stereocenters. The normalized spacial score (nSPS) is 14.1. The van der Waals surface area contributed by atoms with Crippen LogP contribution < -0.4 is 10.6 Å². The van der Waals surface area contributed by atoms with Crippen molar-refractivity contribution in [2.24, 2.45) is 5.92 Å². The van der Waals surface area contributed by atoms with Gasteiger partial charge in [0.15, 0.2) is 0 Å². The quantitative estimate of drug-likeness (QED) is 0.799. The number of carbonyl (C=O) groups is 2. The number of alkyl carbamates (subject to hydrolysis) is 1. The van der Waals surface area contributed by atoms with E-state index in [1.54, 1.807) is 32.1 Å². The number of fused-ring (bicyclic) bond motifs is 1. The van der Waals surface area contributed by atoms with Crippen molar-refractivity contribution in [2.75, 3.05) is 0 Å². The Morgan fingerprint density at radius 2 is 1.73 bits per heavy atom. The van der Waals surface area contributed by atoms with Crippen LogP contribution in [-0.4, -0.2) is 23.6 Å². The van der Waals surface area contributed by atoms with Crippen molar-refractivity contribution in [3.8, 4) is 0 Å². The van der Waals surface area contributed by atoms with Crippen LogP contribution >= 0.6 is 11.3 Å². The number of thiophene rings is 1. The molecule has 26 heavy (non-hydrogen) atoms. The number of nitrogens with one attached hydrogen (secondary N) is 2. The van der Waals surface area contributed by atoms with Crippen molar-refractivity contribution in [3.63, 3.8) is 0 Å². The Morgan fingerprint density at radius 1 is 1.08 bits per heavy atom. The third kappa shape index (κ3) is 5.46. The number of hydrogen-bond donors (Lipinski definition) is 2. The monoisotopic (exact) mass is 376 g/mol. The molecule has 1 unspecified atom stereocenters. The molecule has 0 fully saturated rings. The molecule has 2 aromatic rings. The summed E-state index contributed by atoms with van der Waals surface area (Å²) in [5.74, 6) is -0.270. The van der Waals surface area contributed by atoms with Gasteiger partial charge < -0.3 is 15.4 Å². The maximum absolute atomic E-state index is 12.7. The molecule has 0 bridgehead atoms. The molecule has 0 aliphatic carbocycles. The zero-order chi connectivity index (χ0) is 19.5. The molecule has 2 amide bonds. The Bertz CT molecular complexity index is 744.